The summed E-state index contributed by atoms with van der Waals surface area (Å²) in [6.07, 6.45) is 1.34. The molecule has 2 aromatic rings. The van der Waals surface area contributed by atoms with E-state index in [4.69, 9.17) is 9.47 Å². The molecule has 49 heavy (non-hydrogen) atoms. The van der Waals surface area contributed by atoms with Crippen LogP contribution in [-0.4, -0.2) is 63.2 Å². The van der Waals surface area contributed by atoms with E-state index in [1.807, 2.05) is 51.1 Å². The van der Waals surface area contributed by atoms with Gasteiger partial charge in [-0.05, 0) is 96.4 Å². The maximum atomic E-state index is 14.9. The largest absolute Gasteiger partial charge is 0.508 e. The molecule has 0 aliphatic heterocycles. The predicted molar refractivity (Wildman–Crippen MR) is 192 cm³/mol. The number of rotatable bonds is 15. The molecule has 0 aliphatic rings. The average molecular weight is 682 g/mol. The normalized spacial score (nSPS) is 14.9. The molecule has 3 amide bonds. The average Bonchev–Trinajstić information content (AvgIpc) is 2.99. The van der Waals surface area contributed by atoms with Crippen molar-refractivity contribution in [1.82, 2.24) is 15.5 Å². The van der Waals surface area contributed by atoms with Gasteiger partial charge < -0.3 is 30.1 Å². The summed E-state index contributed by atoms with van der Waals surface area (Å²) in [5.41, 5.74) is -0.349. The number of ether oxygens (including phenoxy) is 2. The monoisotopic (exact) mass is 681 g/mol. The van der Waals surface area contributed by atoms with E-state index in [-0.39, 0.29) is 18.1 Å². The number of carbonyl (C=O) groups excluding carboxylic acids is 4. The molecule has 0 fully saturated rings. The number of hydrogen-bond acceptors (Lipinski definition) is 7. The lowest BCUT2D eigenvalue weighted by atomic mass is 9.93. The first-order chi connectivity index (χ1) is 22.7. The Bertz CT molecular complexity index is 1360. The van der Waals surface area contributed by atoms with Crippen LogP contribution in [0.5, 0.6) is 5.75 Å². The van der Waals surface area contributed by atoms with Gasteiger partial charge in [-0.3, -0.25) is 9.59 Å². The minimum absolute atomic E-state index is 0.00609. The molecule has 0 heterocycles. The minimum atomic E-state index is -1.22. The van der Waals surface area contributed by atoms with E-state index in [0.29, 0.717) is 24.3 Å². The molecule has 5 atom stereocenters. The summed E-state index contributed by atoms with van der Waals surface area (Å²) in [5, 5.41) is 15.9. The molecule has 2 rings (SSSR count). The molecule has 0 spiro atoms. The van der Waals surface area contributed by atoms with Crippen LogP contribution in [0.25, 0.3) is 0 Å². The van der Waals surface area contributed by atoms with Gasteiger partial charge in [0, 0.05) is 12.5 Å². The van der Waals surface area contributed by atoms with E-state index < -0.39 is 59.2 Å². The van der Waals surface area contributed by atoms with Crippen LogP contribution >= 0.6 is 0 Å². The van der Waals surface area contributed by atoms with Crippen LogP contribution < -0.4 is 10.6 Å². The van der Waals surface area contributed by atoms with Crippen molar-refractivity contribution in [2.24, 2.45) is 11.8 Å². The highest BCUT2D eigenvalue weighted by Crippen LogP contribution is 2.30. The van der Waals surface area contributed by atoms with Crippen molar-refractivity contribution < 1.29 is 33.8 Å². The Kier molecular flexibility index (Phi) is 15.2. The van der Waals surface area contributed by atoms with E-state index in [2.05, 4.69) is 24.5 Å². The lowest BCUT2D eigenvalue weighted by molar-refractivity contribution is -0.159. The zero-order valence-corrected chi connectivity index (χ0v) is 31.3. The molecule has 0 bridgehead atoms. The standard InChI is InChI=1S/C39H59N3O7/c1-12-26(4)32(41-37(47)49-39(9,10)11)35(45)42(27(5)19-18-25(2)3)33(29-20-22-30(43)23-21-29)34(44)40-31(36(46)48-38(6,7)8)24-28-16-14-13-15-17-28/h13-17,20-23,25-27,31-33,43H,12,18-19,24H2,1-11H3,(H,40,44)(H,41,47). The molecular formula is C39H59N3O7. The molecule has 272 valence electrons. The second-order valence-corrected chi connectivity index (χ2v) is 15.4. The van der Waals surface area contributed by atoms with Gasteiger partial charge in [-0.1, -0.05) is 76.6 Å². The first kappa shape index (κ1) is 41.1. The third kappa shape index (κ3) is 13.8. The Balaban J connectivity index is 2.72. The molecule has 0 saturated heterocycles. The van der Waals surface area contributed by atoms with Gasteiger partial charge in [0.25, 0.3) is 0 Å². The van der Waals surface area contributed by atoms with E-state index in [0.717, 1.165) is 12.0 Å². The van der Waals surface area contributed by atoms with Crippen LogP contribution in [0.4, 0.5) is 4.79 Å². The first-order valence-corrected chi connectivity index (χ1v) is 17.4. The quantitative estimate of drug-likeness (QED) is 0.171. The molecule has 0 radical (unpaired) electrons. The summed E-state index contributed by atoms with van der Waals surface area (Å²) in [7, 11) is 0. The molecule has 3 N–H and O–H groups in total. The topological polar surface area (TPSA) is 134 Å². The Hall–Kier alpha value is -4.08. The Labute approximate surface area is 293 Å². The number of nitrogens with zero attached hydrogens (tertiary/aromatic N) is 1. The molecule has 10 nitrogen and oxygen atoms in total. The molecule has 5 unspecified atom stereocenters. The highest BCUT2D eigenvalue weighted by atomic mass is 16.6. The molecule has 0 aliphatic carbocycles. The lowest BCUT2D eigenvalue weighted by Crippen LogP contribution is -2.58. The van der Waals surface area contributed by atoms with Crippen molar-refractivity contribution in [2.75, 3.05) is 0 Å². The lowest BCUT2D eigenvalue weighted by Gasteiger charge is -2.40. The van der Waals surface area contributed by atoms with E-state index in [1.54, 1.807) is 53.7 Å². The van der Waals surface area contributed by atoms with E-state index in [9.17, 15) is 24.3 Å². The molecule has 0 saturated carbocycles. The van der Waals surface area contributed by atoms with Gasteiger partial charge in [0.1, 0.15) is 35.1 Å². The van der Waals surface area contributed by atoms with Crippen LogP contribution in [0.1, 0.15) is 113 Å². The van der Waals surface area contributed by atoms with Crippen molar-refractivity contribution in [3.05, 3.63) is 65.7 Å². The summed E-state index contributed by atoms with van der Waals surface area (Å²) in [4.78, 5) is 57.7. The zero-order valence-electron chi connectivity index (χ0n) is 31.3. The van der Waals surface area contributed by atoms with Crippen molar-refractivity contribution in [3.63, 3.8) is 0 Å². The maximum absolute atomic E-state index is 14.9. The SMILES string of the molecule is CCC(C)C(NC(=O)OC(C)(C)C)C(=O)N(C(C)CCC(C)C)C(C(=O)NC(Cc1ccccc1)C(=O)OC(C)(C)C)c1ccc(O)cc1. The van der Waals surface area contributed by atoms with Gasteiger partial charge in [-0.15, -0.1) is 0 Å². The minimum Gasteiger partial charge on any atom is -0.508 e. The Morgan fingerprint density at radius 3 is 1.88 bits per heavy atom. The molecule has 2 aromatic carbocycles. The number of aromatic hydroxyl groups is 1. The van der Waals surface area contributed by atoms with Crippen LogP contribution in [0.2, 0.25) is 0 Å². The number of amides is 3. The molecular weight excluding hydrogens is 622 g/mol. The Morgan fingerprint density at radius 2 is 1.37 bits per heavy atom. The van der Waals surface area contributed by atoms with Gasteiger partial charge in [0.05, 0.1) is 0 Å². The van der Waals surface area contributed by atoms with Crippen molar-refractivity contribution in [1.29, 1.82) is 0 Å². The fraction of sp³-hybridized carbons (Fsp3) is 0.590. The third-order valence-electron chi connectivity index (χ3n) is 8.07. The number of esters is 1. The van der Waals surface area contributed by atoms with E-state index in [1.165, 1.54) is 17.0 Å². The van der Waals surface area contributed by atoms with Crippen molar-refractivity contribution in [2.45, 2.75) is 137 Å². The van der Waals surface area contributed by atoms with Crippen LogP contribution in [0.3, 0.4) is 0 Å². The fourth-order valence-electron chi connectivity index (χ4n) is 5.35. The zero-order chi connectivity index (χ0) is 37.1. The van der Waals surface area contributed by atoms with Gasteiger partial charge in [0.2, 0.25) is 11.8 Å². The number of phenols is 1. The summed E-state index contributed by atoms with van der Waals surface area (Å²) in [6, 6.07) is 11.6. The van der Waals surface area contributed by atoms with Crippen LogP contribution in [-0.2, 0) is 30.3 Å². The van der Waals surface area contributed by atoms with Gasteiger partial charge in [-0.25, -0.2) is 9.59 Å². The highest BCUT2D eigenvalue weighted by Gasteiger charge is 2.41. The van der Waals surface area contributed by atoms with E-state index >= 15 is 0 Å². The number of phenolic OH excluding ortho intramolecular Hbond substituents is 1. The molecule has 10 heteroatoms. The maximum Gasteiger partial charge on any atom is 0.408 e. The number of hydrogen-bond donors (Lipinski definition) is 3. The van der Waals surface area contributed by atoms with Crippen LogP contribution in [0, 0.1) is 11.8 Å². The van der Waals surface area contributed by atoms with Gasteiger partial charge >= 0.3 is 12.1 Å². The number of carbonyl (C=O) groups is 4. The van der Waals surface area contributed by atoms with Gasteiger partial charge in [-0.2, -0.15) is 0 Å². The summed E-state index contributed by atoms with van der Waals surface area (Å²) in [6.45, 7) is 20.4. The second-order valence-electron chi connectivity index (χ2n) is 15.4. The number of nitrogens with one attached hydrogen (secondary N) is 2. The summed E-state index contributed by atoms with van der Waals surface area (Å²) >= 11 is 0. The third-order valence-corrected chi connectivity index (χ3v) is 8.07. The first-order valence-electron chi connectivity index (χ1n) is 17.4. The predicted octanol–water partition coefficient (Wildman–Crippen LogP) is 7.10. The highest BCUT2D eigenvalue weighted by molar-refractivity contribution is 5.94. The molecule has 0 aromatic heterocycles. The van der Waals surface area contributed by atoms with Gasteiger partial charge in [0.15, 0.2) is 0 Å². The van der Waals surface area contributed by atoms with Crippen molar-refractivity contribution >= 4 is 23.9 Å². The van der Waals surface area contributed by atoms with Crippen molar-refractivity contribution in [3.8, 4) is 5.75 Å². The van der Waals surface area contributed by atoms with Crippen LogP contribution in [0.15, 0.2) is 54.6 Å². The summed E-state index contributed by atoms with van der Waals surface area (Å²) < 4.78 is 11.3. The number of alkyl carbamates (subject to hydrolysis) is 1. The Morgan fingerprint density at radius 1 is 0.796 bits per heavy atom. The smallest absolute Gasteiger partial charge is 0.408 e. The fourth-order valence-corrected chi connectivity index (χ4v) is 5.35. The summed E-state index contributed by atoms with van der Waals surface area (Å²) in [5.74, 6) is -1.65. The number of benzene rings is 2. The second kappa shape index (κ2) is 18.1.